The van der Waals surface area contributed by atoms with Gasteiger partial charge in [0.25, 0.3) is 5.91 Å². The number of para-hydroxylation sites is 1. The predicted octanol–water partition coefficient (Wildman–Crippen LogP) is 5.21. The van der Waals surface area contributed by atoms with Crippen LogP contribution in [-0.4, -0.2) is 30.2 Å². The number of ketones is 1. The second kappa shape index (κ2) is 10.2. The lowest BCUT2D eigenvalue weighted by Crippen LogP contribution is -2.47. The van der Waals surface area contributed by atoms with Crippen LogP contribution in [-0.2, 0) is 9.59 Å². The van der Waals surface area contributed by atoms with E-state index in [4.69, 9.17) is 9.47 Å². The molecule has 1 aliphatic heterocycles. The molecule has 34 heavy (non-hydrogen) atoms. The highest BCUT2D eigenvalue weighted by atomic mass is 16.5. The van der Waals surface area contributed by atoms with Gasteiger partial charge in [0.2, 0.25) is 5.91 Å². The summed E-state index contributed by atoms with van der Waals surface area (Å²) in [5.74, 6) is 1.10. The van der Waals surface area contributed by atoms with Crippen LogP contribution in [0, 0.1) is 0 Å². The maximum Gasteiger partial charge on any atom is 0.268 e. The normalized spacial score (nSPS) is 14.7. The fraction of sp³-hybridized carbons (Fsp3) is 0.222. The molecule has 0 bridgehead atoms. The molecular weight excluding hydrogens is 432 g/mol. The van der Waals surface area contributed by atoms with Gasteiger partial charge in [0.1, 0.15) is 23.8 Å². The van der Waals surface area contributed by atoms with E-state index >= 15 is 0 Å². The number of amides is 2. The zero-order valence-electron chi connectivity index (χ0n) is 19.1. The lowest BCUT2D eigenvalue weighted by atomic mass is 10.0. The van der Waals surface area contributed by atoms with Crippen LogP contribution in [0.3, 0.4) is 0 Å². The minimum atomic E-state index is -0.730. The van der Waals surface area contributed by atoms with Crippen molar-refractivity contribution in [2.75, 3.05) is 16.8 Å². The molecule has 1 unspecified atom stereocenters. The van der Waals surface area contributed by atoms with Gasteiger partial charge in [0.15, 0.2) is 11.9 Å². The topological polar surface area (TPSA) is 84.9 Å². The fourth-order valence-corrected chi connectivity index (χ4v) is 3.69. The van der Waals surface area contributed by atoms with Crippen molar-refractivity contribution < 1.29 is 23.9 Å². The molecule has 1 atom stereocenters. The Kier molecular flexibility index (Phi) is 6.92. The second-order valence-corrected chi connectivity index (χ2v) is 8.03. The predicted molar refractivity (Wildman–Crippen MR) is 130 cm³/mol. The van der Waals surface area contributed by atoms with E-state index in [-0.39, 0.29) is 24.1 Å². The highest BCUT2D eigenvalue weighted by Gasteiger charge is 2.33. The Morgan fingerprint density at radius 1 is 1.00 bits per heavy atom. The summed E-state index contributed by atoms with van der Waals surface area (Å²) in [6.07, 6.45) is 0.407. The molecule has 1 heterocycles. The molecule has 3 aromatic carbocycles. The Balaban J connectivity index is 1.46. The van der Waals surface area contributed by atoms with Gasteiger partial charge in [-0.05, 0) is 67.9 Å². The number of benzene rings is 3. The van der Waals surface area contributed by atoms with Crippen molar-refractivity contribution in [3.8, 4) is 17.2 Å². The van der Waals surface area contributed by atoms with E-state index in [9.17, 15) is 14.4 Å². The Morgan fingerprint density at radius 3 is 2.41 bits per heavy atom. The number of rotatable bonds is 8. The van der Waals surface area contributed by atoms with Crippen LogP contribution in [0.5, 0.6) is 17.2 Å². The number of nitrogens with one attached hydrogen (secondary N) is 1. The first kappa shape index (κ1) is 23.0. The molecule has 7 nitrogen and oxygen atoms in total. The Labute approximate surface area is 198 Å². The summed E-state index contributed by atoms with van der Waals surface area (Å²) in [4.78, 5) is 39.3. The van der Waals surface area contributed by atoms with Crippen LogP contribution >= 0.6 is 0 Å². The number of hydrogen-bond donors (Lipinski definition) is 1. The quantitative estimate of drug-likeness (QED) is 0.468. The molecule has 0 spiro atoms. The van der Waals surface area contributed by atoms with Gasteiger partial charge < -0.3 is 14.8 Å². The van der Waals surface area contributed by atoms with Gasteiger partial charge >= 0.3 is 0 Å². The van der Waals surface area contributed by atoms with Crippen molar-refractivity contribution in [1.82, 2.24) is 0 Å². The molecule has 1 N–H and O–H groups in total. The van der Waals surface area contributed by atoms with E-state index in [0.29, 0.717) is 34.9 Å². The fourth-order valence-electron chi connectivity index (χ4n) is 3.69. The highest BCUT2D eigenvalue weighted by Crippen LogP contribution is 2.35. The number of carbonyl (C=O) groups is 3. The van der Waals surface area contributed by atoms with E-state index in [2.05, 4.69) is 5.32 Å². The maximum absolute atomic E-state index is 12.8. The third-order valence-electron chi connectivity index (χ3n) is 5.39. The molecule has 2 amide bonds. The average molecular weight is 459 g/mol. The lowest BCUT2D eigenvalue weighted by Gasteiger charge is -2.32. The summed E-state index contributed by atoms with van der Waals surface area (Å²) in [6.45, 7) is 3.37. The summed E-state index contributed by atoms with van der Waals surface area (Å²) >= 11 is 0. The van der Waals surface area contributed by atoms with Crippen LogP contribution in [0.2, 0.25) is 0 Å². The highest BCUT2D eigenvalue weighted by molar-refractivity contribution is 6.07. The van der Waals surface area contributed by atoms with E-state index in [1.807, 2.05) is 37.3 Å². The van der Waals surface area contributed by atoms with Crippen molar-refractivity contribution in [2.24, 2.45) is 0 Å². The number of fused-ring (bicyclic) bond motifs is 1. The maximum atomic E-state index is 12.8. The summed E-state index contributed by atoms with van der Waals surface area (Å²) in [7, 11) is 0. The van der Waals surface area contributed by atoms with Crippen LogP contribution in [0.1, 0.15) is 37.0 Å². The molecular formula is C27H26N2O5. The van der Waals surface area contributed by atoms with Crippen molar-refractivity contribution in [1.29, 1.82) is 0 Å². The van der Waals surface area contributed by atoms with Crippen molar-refractivity contribution >= 4 is 29.0 Å². The summed E-state index contributed by atoms with van der Waals surface area (Å²) < 4.78 is 11.4. The minimum Gasteiger partial charge on any atom is -0.479 e. The molecule has 0 saturated heterocycles. The van der Waals surface area contributed by atoms with E-state index in [1.54, 1.807) is 49.4 Å². The molecule has 0 aromatic heterocycles. The van der Waals surface area contributed by atoms with Gasteiger partial charge in [0.05, 0.1) is 5.69 Å². The van der Waals surface area contributed by atoms with Gasteiger partial charge in [0, 0.05) is 17.7 Å². The van der Waals surface area contributed by atoms with Crippen molar-refractivity contribution in [2.45, 2.75) is 32.8 Å². The average Bonchev–Trinajstić information content (AvgIpc) is 2.84. The third-order valence-corrected chi connectivity index (χ3v) is 5.39. The smallest absolute Gasteiger partial charge is 0.268 e. The van der Waals surface area contributed by atoms with E-state index in [0.717, 1.165) is 12.2 Å². The van der Waals surface area contributed by atoms with E-state index in [1.165, 1.54) is 4.90 Å². The molecule has 174 valence electrons. The second-order valence-electron chi connectivity index (χ2n) is 8.03. The third kappa shape index (κ3) is 5.26. The Bertz CT molecular complexity index is 1190. The molecule has 7 heteroatoms. The summed E-state index contributed by atoms with van der Waals surface area (Å²) in [5, 5.41) is 2.81. The molecule has 0 aliphatic carbocycles. The van der Waals surface area contributed by atoms with Gasteiger partial charge in [-0.3, -0.25) is 19.3 Å². The minimum absolute atomic E-state index is 0.0152. The Morgan fingerprint density at radius 2 is 1.71 bits per heavy atom. The molecule has 3 aromatic rings. The van der Waals surface area contributed by atoms with Crippen LogP contribution in [0.4, 0.5) is 11.4 Å². The van der Waals surface area contributed by atoms with Gasteiger partial charge in [-0.15, -0.1) is 0 Å². The van der Waals surface area contributed by atoms with Gasteiger partial charge in [-0.1, -0.05) is 25.1 Å². The van der Waals surface area contributed by atoms with Crippen LogP contribution < -0.4 is 19.7 Å². The standard InChI is InChI=1S/C27H26N2O5/c1-3-7-24(30)19-10-15-25-23(16-19)29(27(32)18(2)33-25)17-26(31)28-20-11-13-22(14-12-20)34-21-8-5-4-6-9-21/h4-6,8-16,18H,3,7,17H2,1-2H3,(H,28,31). The largest absolute Gasteiger partial charge is 0.479 e. The number of hydrogen-bond acceptors (Lipinski definition) is 5. The lowest BCUT2D eigenvalue weighted by molar-refractivity contribution is -0.127. The number of ether oxygens (including phenoxy) is 2. The summed E-state index contributed by atoms with van der Waals surface area (Å²) in [6, 6.07) is 21.4. The zero-order valence-corrected chi connectivity index (χ0v) is 19.1. The van der Waals surface area contributed by atoms with Crippen molar-refractivity contribution in [3.63, 3.8) is 0 Å². The first-order chi connectivity index (χ1) is 16.4. The van der Waals surface area contributed by atoms with Crippen LogP contribution in [0.25, 0.3) is 0 Å². The number of anilines is 2. The zero-order chi connectivity index (χ0) is 24.1. The molecule has 4 rings (SSSR count). The molecule has 1 aliphatic rings. The molecule has 0 radical (unpaired) electrons. The first-order valence-electron chi connectivity index (χ1n) is 11.2. The summed E-state index contributed by atoms with van der Waals surface area (Å²) in [5.41, 5.74) is 1.49. The van der Waals surface area contributed by atoms with Gasteiger partial charge in [-0.25, -0.2) is 0 Å². The SMILES string of the molecule is CCCC(=O)c1ccc2c(c1)N(CC(=O)Nc1ccc(Oc3ccccc3)cc1)C(=O)C(C)O2. The monoisotopic (exact) mass is 458 g/mol. The first-order valence-corrected chi connectivity index (χ1v) is 11.2. The molecule has 0 fully saturated rings. The van der Waals surface area contributed by atoms with Crippen LogP contribution in [0.15, 0.2) is 72.8 Å². The number of Topliss-reactive ketones (excluding diaryl/α,β-unsaturated/α-hetero) is 1. The number of carbonyl (C=O) groups excluding carboxylic acids is 3. The van der Waals surface area contributed by atoms with Crippen molar-refractivity contribution in [3.05, 3.63) is 78.4 Å². The Hall–Kier alpha value is -4.13. The van der Waals surface area contributed by atoms with Gasteiger partial charge in [-0.2, -0.15) is 0 Å². The molecule has 0 saturated carbocycles. The number of nitrogens with zero attached hydrogens (tertiary/aromatic N) is 1. The van der Waals surface area contributed by atoms with E-state index < -0.39 is 6.10 Å².